The largest absolute Gasteiger partial charge is 0.303 e. The second-order valence-corrected chi connectivity index (χ2v) is 8.35. The number of carbonyl (C=O) groups excluding carboxylic acids is 1. The Morgan fingerprint density at radius 2 is 1.55 bits per heavy atom. The molecule has 2 aliphatic rings. The van der Waals surface area contributed by atoms with Crippen molar-refractivity contribution in [3.63, 3.8) is 0 Å². The molecule has 0 amide bonds. The Hall–Kier alpha value is -0.330. The van der Waals surface area contributed by atoms with E-state index in [0.717, 1.165) is 18.3 Å². The second kappa shape index (κ2) is 9.73. The molecule has 2 fully saturated rings. The Morgan fingerprint density at radius 3 is 2.14 bits per heavy atom. The first-order chi connectivity index (χ1) is 10.8. The molecule has 128 valence electrons. The maximum atomic E-state index is 11.0. The molecule has 0 saturated heterocycles. The Balaban J connectivity index is 1.61. The van der Waals surface area contributed by atoms with E-state index >= 15 is 0 Å². The molecule has 0 spiro atoms. The minimum absolute atomic E-state index is 0.402. The lowest BCUT2D eigenvalue weighted by Gasteiger charge is -2.36. The predicted octanol–water partition coefficient (Wildman–Crippen LogP) is 6.69. The van der Waals surface area contributed by atoms with Crippen molar-refractivity contribution < 1.29 is 4.79 Å². The molecule has 0 unspecified atom stereocenters. The fourth-order valence-electron chi connectivity index (χ4n) is 5.18. The molecule has 0 aromatic rings. The summed E-state index contributed by atoms with van der Waals surface area (Å²) in [6.45, 7) is 2.33. The molecule has 2 rings (SSSR count). The van der Waals surface area contributed by atoms with E-state index < -0.39 is 0 Å². The highest BCUT2D eigenvalue weighted by Crippen LogP contribution is 2.43. The summed E-state index contributed by atoms with van der Waals surface area (Å²) in [5.41, 5.74) is 0.402. The molecule has 0 aliphatic heterocycles. The van der Waals surface area contributed by atoms with Gasteiger partial charge in [0.2, 0.25) is 0 Å². The van der Waals surface area contributed by atoms with Crippen LogP contribution in [0.1, 0.15) is 110 Å². The third-order valence-corrected chi connectivity index (χ3v) is 6.66. The molecule has 0 bridgehead atoms. The maximum Gasteiger partial charge on any atom is 0.120 e. The van der Waals surface area contributed by atoms with E-state index in [-0.39, 0.29) is 0 Å². The van der Waals surface area contributed by atoms with Gasteiger partial charge in [-0.25, -0.2) is 0 Å². The van der Waals surface area contributed by atoms with Crippen molar-refractivity contribution in [1.82, 2.24) is 0 Å². The van der Waals surface area contributed by atoms with Gasteiger partial charge in [0, 0.05) is 6.42 Å². The van der Waals surface area contributed by atoms with Crippen LogP contribution in [0.3, 0.4) is 0 Å². The number of carbonyl (C=O) groups is 1. The maximum absolute atomic E-state index is 11.0. The van der Waals surface area contributed by atoms with Crippen LogP contribution in [0.15, 0.2) is 0 Å². The summed E-state index contributed by atoms with van der Waals surface area (Å²) >= 11 is 0. The molecule has 0 N–H and O–H groups in total. The van der Waals surface area contributed by atoms with Crippen LogP contribution in [0, 0.1) is 17.3 Å². The van der Waals surface area contributed by atoms with E-state index in [9.17, 15) is 4.79 Å². The first-order valence-electron chi connectivity index (χ1n) is 10.2. The topological polar surface area (TPSA) is 17.1 Å². The minimum atomic E-state index is 0.402. The Bertz CT molecular complexity index is 295. The Kier molecular flexibility index (Phi) is 7.97. The first kappa shape index (κ1) is 18.0. The van der Waals surface area contributed by atoms with Gasteiger partial charge in [-0.2, -0.15) is 0 Å². The van der Waals surface area contributed by atoms with Crippen LogP contribution >= 0.6 is 0 Å². The quantitative estimate of drug-likeness (QED) is 0.342. The lowest BCUT2D eigenvalue weighted by molar-refractivity contribution is -0.110. The van der Waals surface area contributed by atoms with Crippen LogP contribution in [0.25, 0.3) is 0 Å². The summed E-state index contributed by atoms with van der Waals surface area (Å²) in [5.74, 6) is 2.06. The van der Waals surface area contributed by atoms with Gasteiger partial charge in [-0.1, -0.05) is 84.0 Å². The molecule has 0 aromatic carbocycles. The number of aldehydes is 1. The second-order valence-electron chi connectivity index (χ2n) is 8.35. The Morgan fingerprint density at radius 1 is 0.909 bits per heavy atom. The standard InChI is InChI=1S/C21H38O/c1-2-8-19-10-12-20(13-11-19)9-4-7-16-21(17-18-22)14-5-3-6-15-21/h18-20H,2-17H2,1H3/t19-,20-. The molecule has 0 atom stereocenters. The minimum Gasteiger partial charge on any atom is -0.303 e. The predicted molar refractivity (Wildman–Crippen MR) is 95.0 cm³/mol. The van der Waals surface area contributed by atoms with Gasteiger partial charge in [-0.05, 0) is 36.5 Å². The molecule has 1 heteroatoms. The molecule has 22 heavy (non-hydrogen) atoms. The lowest BCUT2D eigenvalue weighted by atomic mass is 9.69. The van der Waals surface area contributed by atoms with Crippen molar-refractivity contribution in [3.8, 4) is 0 Å². The van der Waals surface area contributed by atoms with E-state index in [2.05, 4.69) is 6.92 Å². The number of hydrogen-bond acceptors (Lipinski definition) is 1. The average molecular weight is 307 g/mol. The van der Waals surface area contributed by atoms with Gasteiger partial charge in [0.15, 0.2) is 0 Å². The van der Waals surface area contributed by atoms with Crippen molar-refractivity contribution in [3.05, 3.63) is 0 Å². The fraction of sp³-hybridized carbons (Fsp3) is 0.952. The number of hydrogen-bond donors (Lipinski definition) is 0. The zero-order valence-corrected chi connectivity index (χ0v) is 15.0. The van der Waals surface area contributed by atoms with Crippen LogP contribution in [-0.2, 0) is 4.79 Å². The van der Waals surface area contributed by atoms with E-state index in [1.54, 1.807) is 0 Å². The molecular formula is C21H38O. The summed E-state index contributed by atoms with van der Waals surface area (Å²) in [6.07, 6.45) is 23.1. The highest BCUT2D eigenvalue weighted by molar-refractivity contribution is 5.50. The van der Waals surface area contributed by atoms with Gasteiger partial charge < -0.3 is 4.79 Å². The number of unbranched alkanes of at least 4 members (excludes halogenated alkanes) is 1. The van der Waals surface area contributed by atoms with Crippen LogP contribution < -0.4 is 0 Å². The SMILES string of the molecule is CCC[C@H]1CC[C@H](CCCCC2(CC=O)CCCCC2)CC1. The van der Waals surface area contributed by atoms with Crippen molar-refractivity contribution in [1.29, 1.82) is 0 Å². The van der Waals surface area contributed by atoms with Gasteiger partial charge in [0.05, 0.1) is 0 Å². The summed E-state index contributed by atoms with van der Waals surface area (Å²) in [7, 11) is 0. The third kappa shape index (κ3) is 5.70. The van der Waals surface area contributed by atoms with Crippen LogP contribution in [0.4, 0.5) is 0 Å². The molecule has 2 aliphatic carbocycles. The highest BCUT2D eigenvalue weighted by atomic mass is 16.1. The third-order valence-electron chi connectivity index (χ3n) is 6.66. The molecule has 2 saturated carbocycles. The van der Waals surface area contributed by atoms with Crippen molar-refractivity contribution in [2.45, 2.75) is 110 Å². The normalized spacial score (nSPS) is 28.4. The van der Waals surface area contributed by atoms with Gasteiger partial charge >= 0.3 is 0 Å². The molecular weight excluding hydrogens is 268 g/mol. The summed E-state index contributed by atoms with van der Waals surface area (Å²) in [6, 6.07) is 0. The van der Waals surface area contributed by atoms with Gasteiger partial charge in [-0.15, -0.1) is 0 Å². The Labute approximate surface area is 138 Å². The van der Waals surface area contributed by atoms with Gasteiger partial charge in [-0.3, -0.25) is 0 Å². The van der Waals surface area contributed by atoms with Gasteiger partial charge in [0.25, 0.3) is 0 Å². The van der Waals surface area contributed by atoms with E-state index in [0.29, 0.717) is 5.41 Å². The zero-order chi connectivity index (χ0) is 15.7. The monoisotopic (exact) mass is 306 g/mol. The highest BCUT2D eigenvalue weighted by Gasteiger charge is 2.31. The molecule has 0 aromatic heterocycles. The molecule has 1 nitrogen and oxygen atoms in total. The van der Waals surface area contributed by atoms with Crippen LogP contribution in [0.5, 0.6) is 0 Å². The van der Waals surface area contributed by atoms with Crippen LogP contribution in [0.2, 0.25) is 0 Å². The average Bonchev–Trinajstić information content (AvgIpc) is 2.55. The fourth-order valence-corrected chi connectivity index (χ4v) is 5.18. The van der Waals surface area contributed by atoms with Crippen LogP contribution in [-0.4, -0.2) is 6.29 Å². The summed E-state index contributed by atoms with van der Waals surface area (Å²) < 4.78 is 0. The van der Waals surface area contributed by atoms with E-state index in [1.165, 1.54) is 103 Å². The van der Waals surface area contributed by atoms with Crippen molar-refractivity contribution >= 4 is 6.29 Å². The van der Waals surface area contributed by atoms with E-state index in [4.69, 9.17) is 0 Å². The van der Waals surface area contributed by atoms with Gasteiger partial charge in [0.1, 0.15) is 6.29 Å². The number of rotatable bonds is 9. The van der Waals surface area contributed by atoms with E-state index in [1.807, 2.05) is 0 Å². The zero-order valence-electron chi connectivity index (χ0n) is 15.0. The van der Waals surface area contributed by atoms with Crippen molar-refractivity contribution in [2.75, 3.05) is 0 Å². The molecule has 0 heterocycles. The molecule has 0 radical (unpaired) electrons. The first-order valence-corrected chi connectivity index (χ1v) is 10.2. The summed E-state index contributed by atoms with van der Waals surface area (Å²) in [4.78, 5) is 11.0. The summed E-state index contributed by atoms with van der Waals surface area (Å²) in [5, 5.41) is 0. The smallest absolute Gasteiger partial charge is 0.120 e. The lowest BCUT2D eigenvalue weighted by Crippen LogP contribution is -2.24. The van der Waals surface area contributed by atoms with Crippen molar-refractivity contribution in [2.24, 2.45) is 17.3 Å².